The summed E-state index contributed by atoms with van der Waals surface area (Å²) >= 11 is 0. The first-order chi connectivity index (χ1) is 25.9. The van der Waals surface area contributed by atoms with Crippen molar-refractivity contribution >= 4 is 52.1 Å². The predicted molar refractivity (Wildman–Crippen MR) is 194 cm³/mol. The van der Waals surface area contributed by atoms with Crippen LogP contribution in [0.15, 0.2) is 72.8 Å². The number of esters is 4. The van der Waals surface area contributed by atoms with Gasteiger partial charge >= 0.3 is 39.5 Å². The van der Waals surface area contributed by atoms with Crippen molar-refractivity contribution in [2.75, 3.05) is 26.4 Å². The van der Waals surface area contributed by atoms with Crippen LogP contribution in [0.25, 0.3) is 0 Å². The second-order valence-electron chi connectivity index (χ2n) is 11.4. The molecular formula is C36H44O17P2. The summed E-state index contributed by atoms with van der Waals surface area (Å²) in [7, 11) is -10.7. The van der Waals surface area contributed by atoms with Crippen LogP contribution in [0.1, 0.15) is 95.8 Å². The molecule has 0 N–H and O–H groups in total. The van der Waals surface area contributed by atoms with E-state index in [1.54, 1.807) is 0 Å². The fourth-order valence-electron chi connectivity index (χ4n) is 4.20. The lowest BCUT2D eigenvalue weighted by atomic mass is 10.1. The molecule has 300 valence electrons. The van der Waals surface area contributed by atoms with E-state index < -0.39 is 90.4 Å². The molecule has 4 atom stereocenters. The van der Waals surface area contributed by atoms with Crippen molar-refractivity contribution in [1.82, 2.24) is 0 Å². The van der Waals surface area contributed by atoms with Gasteiger partial charge in [0.2, 0.25) is 0 Å². The fraction of sp³-hybridized carbons (Fsp3) is 0.389. The largest absolute Gasteiger partial charge is 0.487 e. The van der Waals surface area contributed by atoms with Crippen LogP contribution in [-0.4, -0.2) is 74.5 Å². The van der Waals surface area contributed by atoms with E-state index in [2.05, 4.69) is 13.2 Å². The molecule has 0 bridgehead atoms. The average molecular weight is 811 g/mol. The lowest BCUT2D eigenvalue weighted by Crippen LogP contribution is -2.43. The van der Waals surface area contributed by atoms with Crippen LogP contribution in [0.2, 0.25) is 0 Å². The van der Waals surface area contributed by atoms with Gasteiger partial charge in [0, 0.05) is 35.1 Å². The minimum Gasteiger partial charge on any atom is -0.455 e. The molecule has 4 unspecified atom stereocenters. The zero-order valence-electron chi connectivity index (χ0n) is 31.3. The molecule has 0 amide bonds. The maximum Gasteiger partial charge on any atom is 0.487 e. The number of rotatable bonds is 24. The molecule has 0 radical (unpaired) electrons. The molecule has 0 aromatic heterocycles. The van der Waals surface area contributed by atoms with E-state index in [1.165, 1.54) is 90.1 Å². The number of phosphoric acid groups is 2. The number of phosphoric ester groups is 2. The Balaban J connectivity index is 2.61. The maximum absolute atomic E-state index is 14.4. The Morgan fingerprint density at radius 2 is 0.982 bits per heavy atom. The van der Waals surface area contributed by atoms with Gasteiger partial charge in [-0.05, 0) is 39.8 Å². The number of benzene rings is 2. The van der Waals surface area contributed by atoms with E-state index in [9.17, 15) is 37.9 Å². The SMILES string of the molecule is C=C(C)C(=O)OC(CC)(COC(=O)c1ccccc1C=O)OP(=O)(OCC)OP(=O)(OCC)OC(CC)(COC(=O)c1ccccc1C=O)OC(=O)C(=C)C. The third-order valence-corrected chi connectivity index (χ3v) is 11.0. The Kier molecular flexibility index (Phi) is 17.7. The molecule has 0 spiro atoms. The second-order valence-corrected chi connectivity index (χ2v) is 14.7. The first-order valence-corrected chi connectivity index (χ1v) is 19.6. The normalized spacial score (nSPS) is 15.4. The number of carbonyl (C=O) groups is 6. The summed E-state index contributed by atoms with van der Waals surface area (Å²) < 4.78 is 77.8. The predicted octanol–water partition coefficient (Wildman–Crippen LogP) is 7.12. The minimum absolute atomic E-state index is 0.0297. The number of hydrogen-bond acceptors (Lipinski definition) is 17. The third-order valence-electron chi connectivity index (χ3n) is 7.12. The van der Waals surface area contributed by atoms with E-state index in [0.717, 1.165) is 0 Å². The summed E-state index contributed by atoms with van der Waals surface area (Å²) in [6.45, 7) is 12.1. The topological polar surface area (TPSA) is 220 Å². The van der Waals surface area contributed by atoms with Crippen molar-refractivity contribution < 1.29 is 79.3 Å². The highest BCUT2D eigenvalue weighted by Gasteiger charge is 2.53. The molecule has 0 aliphatic rings. The second kappa shape index (κ2) is 20.9. The van der Waals surface area contributed by atoms with Crippen molar-refractivity contribution in [2.24, 2.45) is 0 Å². The van der Waals surface area contributed by atoms with E-state index in [1.807, 2.05) is 0 Å². The lowest BCUT2D eigenvalue weighted by molar-refractivity contribution is -0.217. The van der Waals surface area contributed by atoms with Crippen LogP contribution < -0.4 is 0 Å². The van der Waals surface area contributed by atoms with Gasteiger partial charge in [0.1, 0.15) is 0 Å². The monoisotopic (exact) mass is 810 g/mol. The van der Waals surface area contributed by atoms with Crippen molar-refractivity contribution in [3.8, 4) is 0 Å². The summed E-state index contributed by atoms with van der Waals surface area (Å²) in [6, 6.07) is 11.2. The van der Waals surface area contributed by atoms with E-state index in [0.29, 0.717) is 12.6 Å². The van der Waals surface area contributed by atoms with Crippen LogP contribution in [0.5, 0.6) is 0 Å². The molecule has 0 aliphatic carbocycles. The first kappa shape index (κ1) is 46.6. The van der Waals surface area contributed by atoms with Gasteiger partial charge in [0.25, 0.3) is 11.6 Å². The van der Waals surface area contributed by atoms with Crippen molar-refractivity contribution in [2.45, 2.75) is 66.0 Å². The Labute approximate surface area is 318 Å². The number of aldehydes is 2. The van der Waals surface area contributed by atoms with Crippen molar-refractivity contribution in [1.29, 1.82) is 0 Å². The molecule has 0 saturated carbocycles. The Hall–Kier alpha value is -4.60. The Bertz CT molecular complexity index is 1720. The summed E-state index contributed by atoms with van der Waals surface area (Å²) in [4.78, 5) is 74.9. The van der Waals surface area contributed by atoms with Crippen LogP contribution in [0, 0.1) is 0 Å². The zero-order chi connectivity index (χ0) is 41.5. The lowest BCUT2D eigenvalue weighted by Gasteiger charge is -2.36. The number of ether oxygens (including phenoxy) is 4. The molecule has 0 fully saturated rings. The molecule has 0 aliphatic heterocycles. The molecule has 0 heterocycles. The van der Waals surface area contributed by atoms with Gasteiger partial charge in [-0.2, -0.15) is 4.31 Å². The number of carbonyl (C=O) groups excluding carboxylic acids is 6. The van der Waals surface area contributed by atoms with Crippen molar-refractivity contribution in [3.63, 3.8) is 0 Å². The van der Waals surface area contributed by atoms with Crippen LogP contribution in [0.4, 0.5) is 0 Å². The molecule has 0 saturated heterocycles. The van der Waals surface area contributed by atoms with Crippen LogP contribution >= 0.6 is 15.6 Å². The van der Waals surface area contributed by atoms with Gasteiger partial charge in [0.15, 0.2) is 25.8 Å². The Morgan fingerprint density at radius 1 is 0.636 bits per heavy atom. The molecule has 2 aromatic rings. The van der Waals surface area contributed by atoms with Gasteiger partial charge in [-0.3, -0.25) is 18.6 Å². The Morgan fingerprint density at radius 3 is 1.27 bits per heavy atom. The van der Waals surface area contributed by atoms with E-state index in [4.69, 9.17) is 41.4 Å². The minimum atomic E-state index is -5.36. The summed E-state index contributed by atoms with van der Waals surface area (Å²) in [5.74, 6) is -9.34. The average Bonchev–Trinajstić information content (AvgIpc) is 3.15. The highest BCUT2D eigenvalue weighted by molar-refractivity contribution is 7.62. The highest BCUT2D eigenvalue weighted by Crippen LogP contribution is 2.69. The van der Waals surface area contributed by atoms with Gasteiger partial charge in [-0.1, -0.05) is 63.4 Å². The maximum atomic E-state index is 14.4. The van der Waals surface area contributed by atoms with Crippen molar-refractivity contribution in [3.05, 3.63) is 95.1 Å². The summed E-state index contributed by atoms with van der Waals surface area (Å²) in [6.07, 6.45) is 0.00173. The number of hydrogen-bond donors (Lipinski definition) is 0. The molecule has 55 heavy (non-hydrogen) atoms. The zero-order valence-corrected chi connectivity index (χ0v) is 33.1. The van der Waals surface area contributed by atoms with Gasteiger partial charge in [0.05, 0.1) is 24.3 Å². The molecule has 2 aromatic carbocycles. The van der Waals surface area contributed by atoms with Crippen LogP contribution in [0.3, 0.4) is 0 Å². The highest BCUT2D eigenvalue weighted by atomic mass is 31.3. The molecular weight excluding hydrogens is 766 g/mol. The standard InChI is InChI=1S/C36H44O17P2/c1-9-35(49-31(39)25(5)6,23-45-33(41)29-19-15-13-17-27(29)21-37)51-54(43,47-11-3)53-55(44,48-12-4)52-36(10-2,50-32(40)26(7)8)24-46-34(42)30-20-16-14-18-28(30)22-38/h13-22H,5,7,9-12,23-24H2,1-4,6,8H3. The first-order valence-electron chi connectivity index (χ1n) is 16.7. The third kappa shape index (κ3) is 13.3. The fourth-order valence-corrected chi connectivity index (χ4v) is 7.81. The summed E-state index contributed by atoms with van der Waals surface area (Å²) in [5, 5.41) is 0. The van der Waals surface area contributed by atoms with Gasteiger partial charge in [-0.15, -0.1) is 0 Å². The van der Waals surface area contributed by atoms with Gasteiger partial charge < -0.3 is 18.9 Å². The van der Waals surface area contributed by atoms with E-state index in [-0.39, 0.29) is 33.4 Å². The molecule has 19 heteroatoms. The summed E-state index contributed by atoms with van der Waals surface area (Å²) in [5.41, 5.74) is -0.708. The smallest absolute Gasteiger partial charge is 0.455 e. The molecule has 2 rings (SSSR count). The van der Waals surface area contributed by atoms with Crippen LogP contribution in [-0.2, 0) is 60.1 Å². The van der Waals surface area contributed by atoms with E-state index >= 15 is 0 Å². The van der Waals surface area contributed by atoms with Gasteiger partial charge in [-0.25, -0.2) is 37.4 Å². The molecule has 17 nitrogen and oxygen atoms in total. The quantitative estimate of drug-likeness (QED) is 0.0257.